The Balaban J connectivity index is 1.85. The molecule has 0 aliphatic carbocycles. The molecule has 138 valence electrons. The Kier molecular flexibility index (Phi) is 4.80. The minimum Gasteiger partial charge on any atom is -0.460 e. The molecule has 0 bridgehead atoms. The van der Waals surface area contributed by atoms with Crippen LogP contribution in [0.3, 0.4) is 0 Å². The van der Waals surface area contributed by atoms with Gasteiger partial charge in [-0.1, -0.05) is 26.0 Å². The highest BCUT2D eigenvalue weighted by Gasteiger charge is 2.45. The minimum atomic E-state index is -1.08. The Bertz CT molecular complexity index is 736. The van der Waals surface area contributed by atoms with Crippen molar-refractivity contribution in [1.82, 2.24) is 4.90 Å². The zero-order chi connectivity index (χ0) is 19.0. The fourth-order valence-corrected chi connectivity index (χ4v) is 3.28. The van der Waals surface area contributed by atoms with E-state index in [2.05, 4.69) is 0 Å². The third-order valence-corrected chi connectivity index (χ3v) is 4.49. The summed E-state index contributed by atoms with van der Waals surface area (Å²) in [6.07, 6.45) is -0.812. The molecule has 2 aliphatic rings. The van der Waals surface area contributed by atoms with Gasteiger partial charge >= 0.3 is 11.9 Å². The first-order chi connectivity index (χ1) is 12.3. The van der Waals surface area contributed by atoms with Crippen molar-refractivity contribution in [1.29, 1.82) is 0 Å². The van der Waals surface area contributed by atoms with Crippen LogP contribution in [0, 0.1) is 5.92 Å². The topological polar surface area (TPSA) is 90.0 Å². The van der Waals surface area contributed by atoms with Gasteiger partial charge in [-0.2, -0.15) is 0 Å². The van der Waals surface area contributed by atoms with Gasteiger partial charge in [0.15, 0.2) is 0 Å². The molecule has 0 aromatic heterocycles. The second kappa shape index (κ2) is 6.90. The summed E-state index contributed by atoms with van der Waals surface area (Å²) in [5.74, 6) is -2.36. The third-order valence-electron chi connectivity index (χ3n) is 4.49. The average Bonchev–Trinajstić information content (AvgIpc) is 3.02. The molecule has 7 heteroatoms. The number of hydrogen-bond acceptors (Lipinski definition) is 6. The molecule has 1 fully saturated rings. The van der Waals surface area contributed by atoms with E-state index in [-0.39, 0.29) is 36.0 Å². The standard InChI is InChI=1S/C19H21NO6/c1-10(2)8-14(18(23)26-15-9-11(3)25-19(15)24)20-16(21)12-6-4-5-7-13(12)17(20)22/h4-7,10-11,14-15H,8-9H2,1-3H3/t11-,14-,15-/m1/s1. The van der Waals surface area contributed by atoms with E-state index < -0.39 is 35.9 Å². The first-order valence-corrected chi connectivity index (χ1v) is 8.67. The highest BCUT2D eigenvalue weighted by atomic mass is 16.6. The number of hydrogen-bond donors (Lipinski definition) is 0. The quantitative estimate of drug-likeness (QED) is 0.590. The van der Waals surface area contributed by atoms with Crippen molar-refractivity contribution >= 4 is 23.8 Å². The number of ether oxygens (including phenoxy) is 2. The Labute approximate surface area is 151 Å². The fourth-order valence-electron chi connectivity index (χ4n) is 3.28. The second-order valence-electron chi connectivity index (χ2n) is 7.08. The van der Waals surface area contributed by atoms with E-state index in [9.17, 15) is 19.2 Å². The van der Waals surface area contributed by atoms with E-state index in [1.165, 1.54) is 0 Å². The van der Waals surface area contributed by atoms with Gasteiger partial charge < -0.3 is 9.47 Å². The number of cyclic esters (lactones) is 1. The number of amides is 2. The van der Waals surface area contributed by atoms with E-state index >= 15 is 0 Å². The molecule has 0 unspecified atom stereocenters. The summed E-state index contributed by atoms with van der Waals surface area (Å²) in [7, 11) is 0. The van der Waals surface area contributed by atoms with Crippen LogP contribution >= 0.6 is 0 Å². The Morgan fingerprint density at radius 1 is 1.19 bits per heavy atom. The molecule has 3 atom stereocenters. The van der Waals surface area contributed by atoms with Crippen molar-refractivity contribution in [2.45, 2.75) is 51.9 Å². The molecule has 3 rings (SSSR count). The van der Waals surface area contributed by atoms with Crippen molar-refractivity contribution in [3.63, 3.8) is 0 Å². The molecule has 7 nitrogen and oxygen atoms in total. The Morgan fingerprint density at radius 2 is 1.77 bits per heavy atom. The van der Waals surface area contributed by atoms with Gasteiger partial charge in [-0.05, 0) is 31.4 Å². The van der Waals surface area contributed by atoms with Crippen LogP contribution in [-0.4, -0.2) is 46.9 Å². The van der Waals surface area contributed by atoms with E-state index in [1.807, 2.05) is 13.8 Å². The number of imide groups is 1. The van der Waals surface area contributed by atoms with Crippen molar-refractivity contribution in [3.05, 3.63) is 35.4 Å². The molecular weight excluding hydrogens is 338 g/mol. The Hall–Kier alpha value is -2.70. The normalized spacial score (nSPS) is 23.2. The average molecular weight is 359 g/mol. The van der Waals surface area contributed by atoms with Gasteiger partial charge in [0, 0.05) is 6.42 Å². The lowest BCUT2D eigenvalue weighted by Crippen LogP contribution is -2.47. The molecule has 0 spiro atoms. The molecule has 0 radical (unpaired) electrons. The lowest BCUT2D eigenvalue weighted by Gasteiger charge is -2.26. The maximum absolute atomic E-state index is 12.7. The second-order valence-corrected chi connectivity index (χ2v) is 7.08. The molecular formula is C19H21NO6. The minimum absolute atomic E-state index is 0.0336. The fraction of sp³-hybridized carbons (Fsp3) is 0.474. The predicted molar refractivity (Wildman–Crippen MR) is 90.2 cm³/mol. The molecule has 1 saturated heterocycles. The highest BCUT2D eigenvalue weighted by molar-refractivity contribution is 6.22. The first-order valence-electron chi connectivity index (χ1n) is 8.67. The highest BCUT2D eigenvalue weighted by Crippen LogP contribution is 2.28. The van der Waals surface area contributed by atoms with E-state index in [1.54, 1.807) is 31.2 Å². The summed E-state index contributed by atoms with van der Waals surface area (Å²) in [4.78, 5) is 50.8. The van der Waals surface area contributed by atoms with Crippen molar-refractivity contribution in [2.24, 2.45) is 5.92 Å². The monoisotopic (exact) mass is 359 g/mol. The summed E-state index contributed by atoms with van der Waals surface area (Å²) in [6.45, 7) is 5.47. The molecule has 26 heavy (non-hydrogen) atoms. The summed E-state index contributed by atoms with van der Waals surface area (Å²) in [6, 6.07) is 5.37. The first kappa shape index (κ1) is 18.1. The lowest BCUT2D eigenvalue weighted by molar-refractivity contribution is -0.163. The van der Waals surface area contributed by atoms with Crippen LogP contribution < -0.4 is 0 Å². The van der Waals surface area contributed by atoms with E-state index in [0.29, 0.717) is 0 Å². The largest absolute Gasteiger partial charge is 0.460 e. The van der Waals surface area contributed by atoms with Gasteiger partial charge in [0.1, 0.15) is 12.1 Å². The molecule has 1 aromatic rings. The summed E-state index contributed by atoms with van der Waals surface area (Å²) >= 11 is 0. The Morgan fingerprint density at radius 3 is 2.23 bits per heavy atom. The van der Waals surface area contributed by atoms with Gasteiger partial charge in [-0.3, -0.25) is 14.5 Å². The van der Waals surface area contributed by atoms with E-state index in [4.69, 9.17) is 9.47 Å². The number of nitrogens with zero attached hydrogens (tertiary/aromatic N) is 1. The molecule has 2 aliphatic heterocycles. The number of benzene rings is 1. The summed E-state index contributed by atoms with van der Waals surface area (Å²) in [5.41, 5.74) is 0.543. The smallest absolute Gasteiger partial charge is 0.347 e. The van der Waals surface area contributed by atoms with Gasteiger partial charge in [0.05, 0.1) is 11.1 Å². The summed E-state index contributed by atoms with van der Waals surface area (Å²) < 4.78 is 10.3. The number of rotatable bonds is 5. The van der Waals surface area contributed by atoms with Gasteiger partial charge in [-0.25, -0.2) is 9.59 Å². The molecule has 2 amide bonds. The van der Waals surface area contributed by atoms with Crippen LogP contribution in [0.15, 0.2) is 24.3 Å². The van der Waals surface area contributed by atoms with Crippen LogP contribution in [-0.2, 0) is 19.1 Å². The predicted octanol–water partition coefficient (Wildman–Crippen LogP) is 1.94. The van der Waals surface area contributed by atoms with Crippen LogP contribution in [0.2, 0.25) is 0 Å². The molecule has 2 heterocycles. The summed E-state index contributed by atoms with van der Waals surface area (Å²) in [5, 5.41) is 0. The van der Waals surface area contributed by atoms with Crippen molar-refractivity contribution < 1.29 is 28.7 Å². The van der Waals surface area contributed by atoms with Crippen LogP contribution in [0.4, 0.5) is 0 Å². The number of carbonyl (C=O) groups is 4. The zero-order valence-electron chi connectivity index (χ0n) is 14.9. The van der Waals surface area contributed by atoms with Gasteiger partial charge in [-0.15, -0.1) is 0 Å². The third kappa shape index (κ3) is 3.21. The number of fused-ring (bicyclic) bond motifs is 1. The van der Waals surface area contributed by atoms with Gasteiger partial charge in [0.2, 0.25) is 6.10 Å². The molecule has 1 aromatic carbocycles. The maximum Gasteiger partial charge on any atom is 0.347 e. The maximum atomic E-state index is 12.7. The van der Waals surface area contributed by atoms with E-state index in [0.717, 1.165) is 4.90 Å². The molecule has 0 N–H and O–H groups in total. The molecule has 0 saturated carbocycles. The van der Waals surface area contributed by atoms with Crippen LogP contribution in [0.5, 0.6) is 0 Å². The number of esters is 2. The van der Waals surface area contributed by atoms with Crippen LogP contribution in [0.25, 0.3) is 0 Å². The SMILES string of the molecule is CC(C)C[C@H](C(=O)O[C@@H]1C[C@@H](C)OC1=O)N1C(=O)c2ccccc2C1=O. The van der Waals surface area contributed by atoms with Crippen molar-refractivity contribution in [3.8, 4) is 0 Å². The van der Waals surface area contributed by atoms with Crippen LogP contribution in [0.1, 0.15) is 54.3 Å². The lowest BCUT2D eigenvalue weighted by atomic mass is 10.0. The number of carbonyl (C=O) groups excluding carboxylic acids is 4. The van der Waals surface area contributed by atoms with Crippen molar-refractivity contribution in [2.75, 3.05) is 0 Å². The zero-order valence-corrected chi connectivity index (χ0v) is 14.9. The van der Waals surface area contributed by atoms with Gasteiger partial charge in [0.25, 0.3) is 11.8 Å².